The van der Waals surface area contributed by atoms with Crippen LogP contribution in [0.4, 0.5) is 0 Å². The Labute approximate surface area is 692 Å². The van der Waals surface area contributed by atoms with Gasteiger partial charge in [-0.2, -0.15) is 0 Å². The molecule has 0 saturated carbocycles. The van der Waals surface area contributed by atoms with E-state index in [1.165, 1.54) is 62.5 Å². The van der Waals surface area contributed by atoms with Crippen LogP contribution >= 0.6 is 11.6 Å². The Morgan fingerprint density at radius 1 is 0.568 bits per heavy atom. The molecule has 0 radical (unpaired) electrons. The van der Waals surface area contributed by atoms with Crippen LogP contribution in [0.2, 0.25) is 5.02 Å². The number of pyridine rings is 2. The Bertz CT molecular complexity index is 4640. The van der Waals surface area contributed by atoms with Gasteiger partial charge in [0.25, 0.3) is 0 Å². The average molecular weight is 1640 g/mol. The minimum Gasteiger partial charge on any atom is -0.508 e. The summed E-state index contributed by atoms with van der Waals surface area (Å²) in [5, 5.41) is 49.4. The zero-order valence-electron chi connectivity index (χ0n) is 68.0. The predicted molar refractivity (Wildman–Crippen MR) is 446 cm³/mol. The van der Waals surface area contributed by atoms with E-state index in [0.29, 0.717) is 58.6 Å². The molecule has 2 aliphatic heterocycles. The third kappa shape index (κ3) is 26.2. The van der Waals surface area contributed by atoms with Crippen LogP contribution in [-0.4, -0.2) is 212 Å². The molecule has 2 aliphatic rings. The number of unbranched alkanes of at least 4 members (excludes halogenated alkanes) is 1. The summed E-state index contributed by atoms with van der Waals surface area (Å²) in [6, 6.07) is 25.1. The number of aliphatic hydroxyl groups excluding tert-OH is 1. The molecule has 2 fully saturated rings. The van der Waals surface area contributed by atoms with Crippen LogP contribution in [-0.2, 0) is 84.8 Å². The van der Waals surface area contributed by atoms with E-state index in [2.05, 4.69) is 62.7 Å². The lowest BCUT2D eigenvalue weighted by molar-refractivity contribution is -0.144. The second-order valence-electron chi connectivity index (χ2n) is 31.3. The van der Waals surface area contributed by atoms with Crippen molar-refractivity contribution in [3.05, 3.63) is 208 Å². The summed E-state index contributed by atoms with van der Waals surface area (Å²) in [6.45, 7) is 11.0. The number of aliphatic hydroxyl groups is 1. The second-order valence-corrected chi connectivity index (χ2v) is 31.8. The van der Waals surface area contributed by atoms with E-state index >= 15 is 28.8 Å². The molecule has 0 bridgehead atoms. The highest BCUT2D eigenvalue weighted by Crippen LogP contribution is 2.31. The molecule has 9 rings (SSSR count). The van der Waals surface area contributed by atoms with Gasteiger partial charge in [-0.15, -0.1) is 0 Å². The molecule has 5 aromatic carbocycles. The number of phenolic OH excluding ortho intramolecular Hbond substituents is 1. The standard InChI is InChI=1S/C88H110ClN15O14/c1-52(2)42-69(80(110)96-68(19-11-12-39-92-53(3)4)88(118)104-41-15-21-76(104)85(115)94-54(5)79(90)109)97-83(113)72(44-56-22-30-62(31-23-56)78(108)67-37-32-64(50-93-67)75-20-14-40-102(75)7)100-86(116)77(48-58-27-35-66(107)36-28-58)103(8)87(117)74(51-105)101-84(114)73(47-60-16-13-38-91-49-60)99-82(112)71(45-57-25-33-65(89)34-26-57)98-81(111)70(95-55(6)106)46-59-24-29-61-17-9-10-18-63(61)43-59/h9-10,13,16-18,22-38,43,49-50,52-54,68-77,92,105,107H,11-12,14-15,19-21,39-42,44-48,51H2,1-8H3,(H2,90,109)(H,94,115)(H,95,106)(H,96,110)(H,97,113)(H,98,111)(H,99,112)(H,100,116)(H,101,114)/t54-,68-,69-,70-,71-,72-,73-,74-,75?,76-,77-/m0/s1. The lowest BCUT2D eigenvalue weighted by Gasteiger charge is -2.33. The predicted octanol–water partition coefficient (Wildman–Crippen LogP) is 4.93. The minimum atomic E-state index is -1.84. The van der Waals surface area contributed by atoms with Gasteiger partial charge in [0.2, 0.25) is 70.8 Å². The number of ketones is 1. The molecule has 0 aliphatic carbocycles. The first-order valence-corrected chi connectivity index (χ1v) is 40.6. The van der Waals surface area contributed by atoms with Crippen molar-refractivity contribution in [2.45, 2.75) is 198 Å². The SMILES string of the molecule is CC(=O)N[C@@H](Cc1ccc2ccccc2c1)C(=O)N[C@@H](Cc1ccc(Cl)cc1)C(=O)N[C@@H](Cc1cccnc1)C(=O)N[C@@H](CO)C(=O)N(C)[C@@H](Cc1ccc(O)cc1)C(=O)N[C@@H](Cc1ccc(C(=O)c2ccc(C3CCCN3C)cn2)cc1)C(=O)N[C@@H](CC(C)C)C(=O)N[C@@H](CCCCNC(C)C)C(=O)N1CCC[C@H]1C(=O)N[C@@H](C)C(N)=O. The van der Waals surface area contributed by atoms with E-state index in [1.807, 2.05) is 83.3 Å². The highest BCUT2D eigenvalue weighted by Gasteiger charge is 2.41. The van der Waals surface area contributed by atoms with Crippen LogP contribution in [0.25, 0.3) is 10.8 Å². The molecule has 30 heteroatoms. The molecule has 29 nitrogen and oxygen atoms in total. The lowest BCUT2D eigenvalue weighted by atomic mass is 9.98. The summed E-state index contributed by atoms with van der Waals surface area (Å²) in [6.07, 6.45) is 7.59. The molecule has 7 aromatic rings. The molecule has 628 valence electrons. The van der Waals surface area contributed by atoms with Crippen LogP contribution in [0.3, 0.4) is 0 Å². The molecule has 1 unspecified atom stereocenters. The van der Waals surface area contributed by atoms with Crippen LogP contribution < -0.4 is 53.6 Å². The number of phenols is 1. The van der Waals surface area contributed by atoms with Crippen molar-refractivity contribution in [2.24, 2.45) is 11.7 Å². The first-order chi connectivity index (χ1) is 56.4. The number of halogens is 1. The highest BCUT2D eigenvalue weighted by atomic mass is 35.5. The maximum atomic E-state index is 15.6. The lowest BCUT2D eigenvalue weighted by Crippen LogP contribution is -2.62. The van der Waals surface area contributed by atoms with E-state index in [0.717, 1.165) is 40.6 Å². The number of aromatic nitrogens is 2. The number of fused-ring (bicyclic) bond motifs is 1. The molecule has 2 aromatic heterocycles. The minimum absolute atomic E-state index is 0.0103. The number of aromatic hydroxyl groups is 1. The fourth-order valence-corrected chi connectivity index (χ4v) is 14.8. The van der Waals surface area contributed by atoms with Crippen molar-refractivity contribution in [3.8, 4) is 5.75 Å². The molecule has 11 atom stereocenters. The number of benzene rings is 5. The van der Waals surface area contributed by atoms with E-state index in [4.69, 9.17) is 17.3 Å². The number of carbonyl (C=O) groups excluding carboxylic acids is 12. The van der Waals surface area contributed by atoms with Crippen LogP contribution in [0.15, 0.2) is 158 Å². The zero-order chi connectivity index (χ0) is 85.3. The summed E-state index contributed by atoms with van der Waals surface area (Å²) in [5.41, 5.74) is 9.43. The summed E-state index contributed by atoms with van der Waals surface area (Å²) in [7, 11) is 3.29. The van der Waals surface area contributed by atoms with Gasteiger partial charge >= 0.3 is 0 Å². The number of nitrogens with zero attached hydrogens (tertiary/aromatic N) is 5. The number of carbonyl (C=O) groups is 12. The van der Waals surface area contributed by atoms with Gasteiger partial charge in [-0.25, -0.2) is 0 Å². The topological polar surface area (TPSA) is 415 Å². The second kappa shape index (κ2) is 43.6. The number of primary amides is 1. The van der Waals surface area contributed by atoms with E-state index in [1.54, 1.807) is 72.9 Å². The summed E-state index contributed by atoms with van der Waals surface area (Å²) >= 11 is 6.29. The normalized spacial score (nSPS) is 16.4. The van der Waals surface area contributed by atoms with Crippen molar-refractivity contribution >= 4 is 93.1 Å². The fourth-order valence-electron chi connectivity index (χ4n) is 14.7. The Hall–Kier alpha value is -11.5. The van der Waals surface area contributed by atoms with E-state index in [9.17, 15) is 39.0 Å². The number of hydrogen-bond acceptors (Lipinski definition) is 18. The van der Waals surface area contributed by atoms with Gasteiger partial charge in [-0.1, -0.05) is 142 Å². The number of likely N-dealkylation sites (tertiary alicyclic amines) is 2. The van der Waals surface area contributed by atoms with Crippen molar-refractivity contribution in [2.75, 3.05) is 40.3 Å². The van der Waals surface area contributed by atoms with Crippen molar-refractivity contribution in [1.29, 1.82) is 0 Å². The molecule has 11 amide bonds. The number of likely N-dealkylation sites (N-methyl/N-ethyl adjacent to an activating group) is 1. The van der Waals surface area contributed by atoms with E-state index in [-0.39, 0.29) is 98.7 Å². The van der Waals surface area contributed by atoms with Gasteiger partial charge in [-0.05, 0) is 165 Å². The van der Waals surface area contributed by atoms with Crippen molar-refractivity contribution in [3.63, 3.8) is 0 Å². The number of nitrogens with one attached hydrogen (secondary N) is 9. The molecular formula is C88H110ClN15O14. The molecule has 13 N–H and O–H groups in total. The Balaban J connectivity index is 1.01. The maximum Gasteiger partial charge on any atom is 0.247 e. The molecule has 2 saturated heterocycles. The number of hydrogen-bond donors (Lipinski definition) is 12. The van der Waals surface area contributed by atoms with Crippen molar-refractivity contribution in [1.82, 2.24) is 72.5 Å². The third-order valence-corrected chi connectivity index (χ3v) is 21.5. The van der Waals surface area contributed by atoms with Gasteiger partial charge < -0.3 is 73.6 Å². The molecular weight excluding hydrogens is 1530 g/mol. The van der Waals surface area contributed by atoms with Crippen LogP contribution in [0.1, 0.15) is 148 Å². The number of rotatable bonds is 41. The third-order valence-electron chi connectivity index (χ3n) is 21.3. The quantitative estimate of drug-likeness (QED) is 0.0178. The van der Waals surface area contributed by atoms with Gasteiger partial charge in [0.15, 0.2) is 0 Å². The monoisotopic (exact) mass is 1640 g/mol. The molecule has 0 spiro atoms. The fraction of sp³-hybridized carbons (Fsp3) is 0.432. The Kier molecular flexibility index (Phi) is 33.4. The highest BCUT2D eigenvalue weighted by molar-refractivity contribution is 6.30. The van der Waals surface area contributed by atoms with E-state index < -0.39 is 132 Å². The Morgan fingerprint density at radius 2 is 1.12 bits per heavy atom. The van der Waals surface area contributed by atoms with Gasteiger partial charge in [0.05, 0.1) is 6.61 Å². The summed E-state index contributed by atoms with van der Waals surface area (Å²) < 4.78 is 0. The van der Waals surface area contributed by atoms with Crippen molar-refractivity contribution < 1.29 is 67.7 Å². The number of nitrogens with two attached hydrogens (primary N) is 1. The summed E-state index contributed by atoms with van der Waals surface area (Å²) in [4.78, 5) is 187. The maximum absolute atomic E-state index is 15.6. The Morgan fingerprint density at radius 3 is 1.69 bits per heavy atom. The smallest absolute Gasteiger partial charge is 0.247 e. The van der Waals surface area contributed by atoms with Gasteiger partial charge in [-0.3, -0.25) is 72.4 Å². The molecule has 118 heavy (non-hydrogen) atoms. The average Bonchev–Trinajstić information content (AvgIpc) is 1.22. The largest absolute Gasteiger partial charge is 0.508 e. The first-order valence-electron chi connectivity index (χ1n) is 40.2. The van der Waals surface area contributed by atoms with Crippen LogP contribution in [0, 0.1) is 5.92 Å². The van der Waals surface area contributed by atoms with Gasteiger partial charge in [0, 0.05) is 93.9 Å². The van der Waals surface area contributed by atoms with Crippen LogP contribution in [0.5, 0.6) is 5.75 Å². The first kappa shape index (κ1) is 90.4. The summed E-state index contributed by atoms with van der Waals surface area (Å²) in [5.74, 6) is -9.46. The number of amides is 11. The molecule has 4 heterocycles. The van der Waals surface area contributed by atoms with Gasteiger partial charge in [0.1, 0.15) is 71.9 Å². The zero-order valence-corrected chi connectivity index (χ0v) is 68.8.